The van der Waals surface area contributed by atoms with Crippen molar-refractivity contribution in [1.82, 2.24) is 15.2 Å². The monoisotopic (exact) mass is 419 g/mol. The lowest BCUT2D eigenvalue weighted by atomic mass is 9.96. The molecule has 1 fully saturated rings. The Morgan fingerprint density at radius 2 is 1.83 bits per heavy atom. The molecule has 0 unspecified atom stereocenters. The van der Waals surface area contributed by atoms with Gasteiger partial charge in [0.15, 0.2) is 5.11 Å². The zero-order valence-corrected chi connectivity index (χ0v) is 18.3. The highest BCUT2D eigenvalue weighted by atomic mass is 32.1. The summed E-state index contributed by atoms with van der Waals surface area (Å²) in [6.07, 6.45) is 6.14. The summed E-state index contributed by atoms with van der Waals surface area (Å²) in [4.78, 5) is 18.0. The molecule has 0 atom stereocenters. The number of pyridine rings is 1. The molecule has 2 aromatic carbocycles. The summed E-state index contributed by atoms with van der Waals surface area (Å²) in [7, 11) is 0. The van der Waals surface area contributed by atoms with Crippen molar-refractivity contribution in [3.63, 3.8) is 0 Å². The maximum Gasteiger partial charge on any atom is 0.253 e. The molecule has 30 heavy (non-hydrogen) atoms. The third-order valence-electron chi connectivity index (χ3n) is 5.96. The van der Waals surface area contributed by atoms with Crippen molar-refractivity contribution in [2.45, 2.75) is 58.2 Å². The molecule has 0 spiro atoms. The third kappa shape index (κ3) is 4.90. The molecular weight excluding hydrogens is 390 g/mol. The number of aryl methyl sites for hydroxylation is 1. The second-order valence-corrected chi connectivity index (χ2v) is 8.68. The number of aromatic amines is 1. The van der Waals surface area contributed by atoms with Crippen LogP contribution in [0.15, 0.2) is 59.4 Å². The van der Waals surface area contributed by atoms with Crippen LogP contribution in [0.1, 0.15) is 48.8 Å². The molecule has 2 N–H and O–H groups in total. The Balaban J connectivity index is 1.60. The number of rotatable bonds is 5. The van der Waals surface area contributed by atoms with Gasteiger partial charge in [0, 0.05) is 18.2 Å². The van der Waals surface area contributed by atoms with Crippen LogP contribution in [-0.2, 0) is 13.1 Å². The predicted octanol–water partition coefficient (Wildman–Crippen LogP) is 5.05. The van der Waals surface area contributed by atoms with Crippen molar-refractivity contribution in [3.8, 4) is 0 Å². The highest BCUT2D eigenvalue weighted by Gasteiger charge is 2.19. The normalized spacial score (nSPS) is 14.6. The Kier molecular flexibility index (Phi) is 6.48. The SMILES string of the molecule is Cc1cccc2cc(CN(Cc3ccccc3)C(=S)NC3CCCCC3)c(=O)[nH]c12. The molecule has 4 rings (SSSR count). The number of aromatic nitrogens is 1. The van der Waals surface area contributed by atoms with Gasteiger partial charge in [0.2, 0.25) is 0 Å². The van der Waals surface area contributed by atoms with Crippen LogP contribution in [0.3, 0.4) is 0 Å². The third-order valence-corrected chi connectivity index (χ3v) is 6.34. The minimum Gasteiger partial charge on any atom is -0.360 e. The summed E-state index contributed by atoms with van der Waals surface area (Å²) in [5.74, 6) is 0. The van der Waals surface area contributed by atoms with Crippen molar-refractivity contribution in [2.75, 3.05) is 0 Å². The average molecular weight is 420 g/mol. The first kappa shape index (κ1) is 20.6. The molecule has 0 radical (unpaired) electrons. The van der Waals surface area contributed by atoms with Crippen molar-refractivity contribution < 1.29 is 0 Å². The van der Waals surface area contributed by atoms with E-state index in [1.165, 1.54) is 24.8 Å². The highest BCUT2D eigenvalue weighted by Crippen LogP contribution is 2.19. The zero-order chi connectivity index (χ0) is 20.9. The van der Waals surface area contributed by atoms with Gasteiger partial charge >= 0.3 is 0 Å². The van der Waals surface area contributed by atoms with E-state index in [4.69, 9.17) is 12.2 Å². The Morgan fingerprint density at radius 3 is 2.60 bits per heavy atom. The number of nitrogens with one attached hydrogen (secondary N) is 2. The highest BCUT2D eigenvalue weighted by molar-refractivity contribution is 7.80. The van der Waals surface area contributed by atoms with Gasteiger partial charge in [0.1, 0.15) is 0 Å². The van der Waals surface area contributed by atoms with Crippen LogP contribution in [0.25, 0.3) is 10.9 Å². The lowest BCUT2D eigenvalue weighted by Gasteiger charge is -2.31. The van der Waals surface area contributed by atoms with Crippen molar-refractivity contribution in [2.24, 2.45) is 0 Å². The standard InChI is InChI=1S/C25H29N3OS/c1-18-9-8-12-20-15-21(24(29)27-23(18)20)17-28(16-19-10-4-2-5-11-19)25(30)26-22-13-6-3-7-14-22/h2,4-5,8-12,15,22H,3,6-7,13-14,16-17H2,1H3,(H,26,30)(H,27,29). The topological polar surface area (TPSA) is 48.1 Å². The predicted molar refractivity (Wildman–Crippen MR) is 128 cm³/mol. The Bertz CT molecular complexity index is 1070. The number of fused-ring (bicyclic) bond motifs is 1. The molecule has 156 valence electrons. The molecule has 3 aromatic rings. The first-order valence-electron chi connectivity index (χ1n) is 10.8. The number of thiocarbonyl (C=S) groups is 1. The van der Waals surface area contributed by atoms with Gasteiger partial charge in [-0.25, -0.2) is 0 Å². The van der Waals surface area contributed by atoms with Gasteiger partial charge < -0.3 is 15.2 Å². The summed E-state index contributed by atoms with van der Waals surface area (Å²) in [6.45, 7) is 3.17. The van der Waals surface area contributed by atoms with E-state index >= 15 is 0 Å². The van der Waals surface area contributed by atoms with Gasteiger partial charge in [-0.1, -0.05) is 67.8 Å². The lowest BCUT2D eigenvalue weighted by Crippen LogP contribution is -2.45. The van der Waals surface area contributed by atoms with E-state index in [0.29, 0.717) is 19.1 Å². The largest absolute Gasteiger partial charge is 0.360 e. The average Bonchev–Trinajstić information content (AvgIpc) is 2.76. The van der Waals surface area contributed by atoms with Crippen molar-refractivity contribution >= 4 is 28.2 Å². The smallest absolute Gasteiger partial charge is 0.253 e. The van der Waals surface area contributed by atoms with Crippen molar-refractivity contribution in [3.05, 3.63) is 81.6 Å². The Labute approximate surface area is 183 Å². The molecule has 1 aliphatic carbocycles. The summed E-state index contributed by atoms with van der Waals surface area (Å²) in [6, 6.07) is 18.8. The van der Waals surface area contributed by atoms with Crippen LogP contribution >= 0.6 is 12.2 Å². The van der Waals surface area contributed by atoms with E-state index in [1.807, 2.05) is 49.4 Å². The van der Waals surface area contributed by atoms with Gasteiger partial charge in [0.05, 0.1) is 12.1 Å². The van der Waals surface area contributed by atoms with E-state index < -0.39 is 0 Å². The second-order valence-electron chi connectivity index (χ2n) is 8.29. The zero-order valence-electron chi connectivity index (χ0n) is 17.5. The fourth-order valence-corrected chi connectivity index (χ4v) is 4.56. The Hall–Kier alpha value is -2.66. The Morgan fingerprint density at radius 1 is 1.07 bits per heavy atom. The van der Waals surface area contributed by atoms with E-state index in [1.54, 1.807) is 0 Å². The van der Waals surface area contributed by atoms with Crippen LogP contribution in [-0.4, -0.2) is 21.0 Å². The molecule has 0 amide bonds. The number of hydrogen-bond donors (Lipinski definition) is 2. The van der Waals surface area contributed by atoms with E-state index in [2.05, 4.69) is 27.3 Å². The summed E-state index contributed by atoms with van der Waals surface area (Å²) < 4.78 is 0. The number of benzene rings is 2. The quantitative estimate of drug-likeness (QED) is 0.569. The summed E-state index contributed by atoms with van der Waals surface area (Å²) in [5, 5.41) is 5.35. The van der Waals surface area contributed by atoms with E-state index in [9.17, 15) is 4.79 Å². The van der Waals surface area contributed by atoms with Crippen molar-refractivity contribution in [1.29, 1.82) is 0 Å². The van der Waals surface area contributed by atoms with Gasteiger partial charge in [-0.2, -0.15) is 0 Å². The van der Waals surface area contributed by atoms with E-state index in [-0.39, 0.29) is 5.56 Å². The second kappa shape index (κ2) is 9.43. The van der Waals surface area contributed by atoms with Crippen LogP contribution in [0.5, 0.6) is 0 Å². The van der Waals surface area contributed by atoms with Crippen LogP contribution < -0.4 is 10.9 Å². The minimum absolute atomic E-state index is 0.0460. The van der Waals surface area contributed by atoms with Gasteiger partial charge in [-0.3, -0.25) is 4.79 Å². The lowest BCUT2D eigenvalue weighted by molar-refractivity contribution is 0.362. The molecule has 0 saturated heterocycles. The number of nitrogens with zero attached hydrogens (tertiary/aromatic N) is 1. The molecule has 1 heterocycles. The fourth-order valence-electron chi connectivity index (χ4n) is 4.27. The molecular formula is C25H29N3OS. The molecule has 5 heteroatoms. The first-order valence-corrected chi connectivity index (χ1v) is 11.2. The molecule has 0 aliphatic heterocycles. The first-order chi connectivity index (χ1) is 14.6. The summed E-state index contributed by atoms with van der Waals surface area (Å²) in [5.41, 5.74) is 3.85. The molecule has 0 bridgehead atoms. The van der Waals surface area contributed by atoms with E-state index in [0.717, 1.165) is 40.0 Å². The van der Waals surface area contributed by atoms with Gasteiger partial charge in [-0.15, -0.1) is 0 Å². The molecule has 1 aliphatic rings. The van der Waals surface area contributed by atoms with Crippen LogP contribution in [0.2, 0.25) is 0 Å². The van der Waals surface area contributed by atoms with Crippen LogP contribution in [0, 0.1) is 6.92 Å². The number of para-hydroxylation sites is 1. The van der Waals surface area contributed by atoms with Gasteiger partial charge in [0.25, 0.3) is 5.56 Å². The number of H-pyrrole nitrogens is 1. The maximum absolute atomic E-state index is 12.8. The number of hydrogen-bond acceptors (Lipinski definition) is 2. The van der Waals surface area contributed by atoms with Gasteiger partial charge in [-0.05, 0) is 54.6 Å². The fraction of sp³-hybridized carbons (Fsp3) is 0.360. The summed E-state index contributed by atoms with van der Waals surface area (Å²) >= 11 is 5.82. The minimum atomic E-state index is -0.0460. The molecule has 1 aromatic heterocycles. The van der Waals surface area contributed by atoms with Crippen LogP contribution in [0.4, 0.5) is 0 Å². The maximum atomic E-state index is 12.8. The molecule has 1 saturated carbocycles. The molecule has 4 nitrogen and oxygen atoms in total.